The lowest BCUT2D eigenvalue weighted by Gasteiger charge is -2.23. The minimum atomic E-state index is 0.177. The van der Waals surface area contributed by atoms with Crippen molar-refractivity contribution in [2.45, 2.75) is 63.9 Å². The van der Waals surface area contributed by atoms with Crippen LogP contribution in [0, 0.1) is 0 Å². The van der Waals surface area contributed by atoms with E-state index in [1.165, 1.54) is 19.3 Å². The highest BCUT2D eigenvalue weighted by Crippen LogP contribution is 2.24. The predicted molar refractivity (Wildman–Crippen MR) is 88.5 cm³/mol. The molecule has 0 spiro atoms. The quantitative estimate of drug-likeness (QED) is 0.843. The molecular formula is C18H24N2O2. The first-order chi connectivity index (χ1) is 10.8. The zero-order chi connectivity index (χ0) is 15.2. The Morgan fingerprint density at radius 3 is 2.41 bits per heavy atom. The van der Waals surface area contributed by atoms with E-state index in [2.05, 4.69) is 10.5 Å². The highest BCUT2D eigenvalue weighted by Gasteiger charge is 2.16. The number of nitrogens with zero attached hydrogens (tertiary/aromatic N) is 1. The summed E-state index contributed by atoms with van der Waals surface area (Å²) >= 11 is 0. The maximum atomic E-state index is 11.7. The van der Waals surface area contributed by atoms with Gasteiger partial charge in [-0.05, 0) is 69.2 Å². The van der Waals surface area contributed by atoms with Gasteiger partial charge < -0.3 is 4.74 Å². The average Bonchev–Trinajstić information content (AvgIpc) is 2.56. The van der Waals surface area contributed by atoms with Gasteiger partial charge in [-0.1, -0.05) is 6.42 Å². The molecule has 118 valence electrons. The molecule has 0 atom stereocenters. The van der Waals surface area contributed by atoms with Gasteiger partial charge in [0, 0.05) is 6.42 Å². The molecule has 0 heterocycles. The van der Waals surface area contributed by atoms with Crippen LogP contribution in [0.4, 0.5) is 5.69 Å². The molecule has 3 rings (SSSR count). The van der Waals surface area contributed by atoms with Crippen molar-refractivity contribution in [1.82, 2.24) is 0 Å². The fourth-order valence-electron chi connectivity index (χ4n) is 3.10. The Kier molecular flexibility index (Phi) is 5.09. The van der Waals surface area contributed by atoms with Crippen LogP contribution in [-0.2, 0) is 4.79 Å². The van der Waals surface area contributed by atoms with E-state index in [0.29, 0.717) is 18.2 Å². The molecule has 1 aromatic rings. The Labute approximate surface area is 131 Å². The molecule has 0 aromatic heterocycles. The van der Waals surface area contributed by atoms with Gasteiger partial charge in [0.25, 0.3) is 0 Å². The van der Waals surface area contributed by atoms with E-state index in [-0.39, 0.29) is 5.78 Å². The van der Waals surface area contributed by atoms with Crippen LogP contribution in [0.15, 0.2) is 29.4 Å². The van der Waals surface area contributed by atoms with Crippen LogP contribution in [0.2, 0.25) is 0 Å². The van der Waals surface area contributed by atoms with Crippen LogP contribution in [0.25, 0.3) is 0 Å². The maximum absolute atomic E-state index is 11.7. The van der Waals surface area contributed by atoms with Crippen LogP contribution in [0.3, 0.4) is 0 Å². The molecule has 2 aliphatic carbocycles. The number of carbonyl (C=O) groups is 1. The lowest BCUT2D eigenvalue weighted by atomic mass is 9.97. The average molecular weight is 300 g/mol. The van der Waals surface area contributed by atoms with Gasteiger partial charge in [-0.3, -0.25) is 10.2 Å². The molecule has 0 saturated heterocycles. The van der Waals surface area contributed by atoms with Crippen molar-refractivity contribution >= 4 is 17.2 Å². The summed E-state index contributed by atoms with van der Waals surface area (Å²) in [7, 11) is 0. The van der Waals surface area contributed by atoms with Crippen molar-refractivity contribution < 1.29 is 9.53 Å². The van der Waals surface area contributed by atoms with Crippen LogP contribution >= 0.6 is 0 Å². The fourth-order valence-corrected chi connectivity index (χ4v) is 3.10. The minimum absolute atomic E-state index is 0.177. The highest BCUT2D eigenvalue weighted by molar-refractivity contribution is 6.40. The normalized spacial score (nSPS) is 21.8. The molecule has 2 fully saturated rings. The first kappa shape index (κ1) is 15.1. The number of nitrogens with one attached hydrogen (secondary N) is 1. The first-order valence-corrected chi connectivity index (χ1v) is 8.44. The molecule has 2 aliphatic rings. The van der Waals surface area contributed by atoms with Crippen molar-refractivity contribution in [3.05, 3.63) is 24.3 Å². The van der Waals surface area contributed by atoms with Crippen molar-refractivity contribution in [2.75, 3.05) is 5.43 Å². The van der Waals surface area contributed by atoms with E-state index in [1.54, 1.807) is 0 Å². The summed E-state index contributed by atoms with van der Waals surface area (Å²) in [6.07, 6.45) is 10.0. The van der Waals surface area contributed by atoms with Gasteiger partial charge in [0.1, 0.15) is 11.5 Å². The largest absolute Gasteiger partial charge is 0.490 e. The maximum Gasteiger partial charge on any atom is 0.178 e. The third kappa shape index (κ3) is 4.09. The number of Topliss-reactive ketones (excluding diaryl/α,β-unsaturated/α-hetero) is 1. The van der Waals surface area contributed by atoms with E-state index < -0.39 is 0 Å². The fraction of sp³-hybridized carbons (Fsp3) is 0.556. The van der Waals surface area contributed by atoms with Crippen LogP contribution in [-0.4, -0.2) is 17.6 Å². The molecule has 1 aromatic carbocycles. The van der Waals surface area contributed by atoms with Gasteiger partial charge >= 0.3 is 0 Å². The second-order valence-electron chi connectivity index (χ2n) is 6.20. The third-order valence-electron chi connectivity index (χ3n) is 4.42. The Balaban J connectivity index is 1.54. The van der Waals surface area contributed by atoms with Gasteiger partial charge in [0.15, 0.2) is 5.78 Å². The molecule has 0 unspecified atom stereocenters. The molecule has 0 radical (unpaired) electrons. The van der Waals surface area contributed by atoms with Crippen molar-refractivity contribution in [3.8, 4) is 5.75 Å². The van der Waals surface area contributed by atoms with Gasteiger partial charge in [-0.15, -0.1) is 0 Å². The Hall–Kier alpha value is -1.84. The van der Waals surface area contributed by atoms with Gasteiger partial charge in [0.05, 0.1) is 11.8 Å². The second kappa shape index (κ2) is 7.43. The summed E-state index contributed by atoms with van der Waals surface area (Å²) in [4.78, 5) is 11.7. The number of hydrogen-bond donors (Lipinski definition) is 1. The van der Waals surface area contributed by atoms with Crippen molar-refractivity contribution in [1.29, 1.82) is 0 Å². The summed E-state index contributed by atoms with van der Waals surface area (Å²) in [6.45, 7) is 0. The van der Waals surface area contributed by atoms with Crippen LogP contribution in [0.5, 0.6) is 5.75 Å². The lowest BCUT2D eigenvalue weighted by Crippen LogP contribution is -2.20. The van der Waals surface area contributed by atoms with E-state index in [1.807, 2.05) is 24.3 Å². The number of ketones is 1. The number of hydrazone groups is 1. The molecule has 2 saturated carbocycles. The Morgan fingerprint density at radius 1 is 0.955 bits per heavy atom. The molecular weight excluding hydrogens is 276 g/mol. The zero-order valence-corrected chi connectivity index (χ0v) is 13.0. The van der Waals surface area contributed by atoms with Crippen LogP contribution in [0.1, 0.15) is 57.8 Å². The van der Waals surface area contributed by atoms with E-state index >= 15 is 0 Å². The number of anilines is 1. The number of carbonyl (C=O) groups excluding carboxylic acids is 1. The summed E-state index contributed by atoms with van der Waals surface area (Å²) in [5.74, 6) is 1.09. The highest BCUT2D eigenvalue weighted by atomic mass is 16.5. The topological polar surface area (TPSA) is 50.7 Å². The molecule has 0 bridgehead atoms. The zero-order valence-electron chi connectivity index (χ0n) is 13.0. The number of hydrogen-bond acceptors (Lipinski definition) is 4. The number of rotatable bonds is 4. The molecule has 4 heteroatoms. The predicted octanol–water partition coefficient (Wildman–Crippen LogP) is 4.31. The summed E-state index contributed by atoms with van der Waals surface area (Å²) in [6, 6.07) is 7.85. The monoisotopic (exact) mass is 300 g/mol. The van der Waals surface area contributed by atoms with Gasteiger partial charge in [0.2, 0.25) is 0 Å². The van der Waals surface area contributed by atoms with E-state index in [4.69, 9.17) is 4.74 Å². The molecule has 1 N–H and O–H groups in total. The summed E-state index contributed by atoms with van der Waals surface area (Å²) in [5, 5.41) is 4.26. The Bertz CT molecular complexity index is 531. The summed E-state index contributed by atoms with van der Waals surface area (Å²) in [5.41, 5.74) is 4.55. The van der Waals surface area contributed by atoms with Crippen molar-refractivity contribution in [2.24, 2.45) is 5.10 Å². The third-order valence-corrected chi connectivity index (χ3v) is 4.42. The molecule has 0 aliphatic heterocycles. The molecule has 0 amide bonds. The van der Waals surface area contributed by atoms with Crippen LogP contribution < -0.4 is 10.2 Å². The summed E-state index contributed by atoms with van der Waals surface area (Å²) < 4.78 is 6.00. The first-order valence-electron chi connectivity index (χ1n) is 8.44. The SMILES string of the molecule is O=C1CCCC/C1=N\Nc1ccc(OC2CCCCC2)cc1. The number of benzene rings is 1. The molecule has 4 nitrogen and oxygen atoms in total. The number of ether oxygens (including phenoxy) is 1. The van der Waals surface area contributed by atoms with Gasteiger partial charge in [-0.25, -0.2) is 0 Å². The lowest BCUT2D eigenvalue weighted by molar-refractivity contribution is -0.113. The smallest absolute Gasteiger partial charge is 0.178 e. The second-order valence-corrected chi connectivity index (χ2v) is 6.20. The Morgan fingerprint density at radius 2 is 1.68 bits per heavy atom. The standard InChI is InChI=1S/C18H24N2O2/c21-18-9-5-4-8-17(18)20-19-14-10-12-16(13-11-14)22-15-6-2-1-3-7-15/h10-13,15,19H,1-9H2/b20-17+. The van der Waals surface area contributed by atoms with E-state index in [9.17, 15) is 4.79 Å². The van der Waals surface area contributed by atoms with E-state index in [0.717, 1.165) is 43.5 Å². The van der Waals surface area contributed by atoms with Gasteiger partial charge in [-0.2, -0.15) is 5.10 Å². The minimum Gasteiger partial charge on any atom is -0.490 e. The van der Waals surface area contributed by atoms with Crippen molar-refractivity contribution in [3.63, 3.8) is 0 Å². The molecule has 22 heavy (non-hydrogen) atoms.